The first-order chi connectivity index (χ1) is 13.3. The molecule has 2 bridgehead atoms. The molecular weight excluding hydrogens is 452 g/mol. The van der Waals surface area contributed by atoms with Crippen molar-refractivity contribution in [2.45, 2.75) is 19.4 Å². The maximum absolute atomic E-state index is 12.7. The van der Waals surface area contributed by atoms with E-state index in [1.807, 2.05) is 12.2 Å². The third kappa shape index (κ3) is 3.04. The largest absolute Gasteiger partial charge is 0.479 e. The predicted molar refractivity (Wildman–Crippen MR) is 104 cm³/mol. The summed E-state index contributed by atoms with van der Waals surface area (Å²) in [7, 11) is 0. The lowest BCUT2D eigenvalue weighted by molar-refractivity contribution is -0.144. The number of carbonyl (C=O) groups excluding carboxylic acids is 2. The molecule has 1 heterocycles. The number of halogens is 2. The molecular formula is C19H16BrClN2O5. The van der Waals surface area contributed by atoms with Crippen molar-refractivity contribution in [2.24, 2.45) is 28.8 Å². The molecule has 1 aromatic carbocycles. The Balaban J connectivity index is 1.62. The summed E-state index contributed by atoms with van der Waals surface area (Å²) >= 11 is 9.38. The van der Waals surface area contributed by atoms with Crippen LogP contribution in [-0.4, -0.2) is 40.2 Å². The third-order valence-corrected chi connectivity index (χ3v) is 6.25. The van der Waals surface area contributed by atoms with Crippen LogP contribution in [0.5, 0.6) is 5.75 Å². The SMILES string of the molecule is C[C@@H](Oc1c(Br)cc(Cl)cc1C=NN1C(=O)[C@@H]2[C@H](C1=O)[C@H]1C=C[C@H]2C1)C(=O)O. The first kappa shape index (κ1) is 19.1. The van der Waals surface area contributed by atoms with Gasteiger partial charge in [0.25, 0.3) is 11.8 Å². The van der Waals surface area contributed by atoms with Crippen molar-refractivity contribution in [1.82, 2.24) is 5.01 Å². The zero-order chi connectivity index (χ0) is 20.2. The molecule has 4 rings (SSSR count). The van der Waals surface area contributed by atoms with Crippen molar-refractivity contribution >= 4 is 51.5 Å². The van der Waals surface area contributed by atoms with E-state index in [1.165, 1.54) is 19.2 Å². The Bertz CT molecular complexity index is 916. The van der Waals surface area contributed by atoms with Gasteiger partial charge < -0.3 is 9.84 Å². The summed E-state index contributed by atoms with van der Waals surface area (Å²) in [6.45, 7) is 1.39. The molecule has 7 nitrogen and oxygen atoms in total. The second-order valence-corrected chi connectivity index (χ2v) is 8.43. The average Bonchev–Trinajstić information content (AvgIpc) is 3.30. The van der Waals surface area contributed by atoms with Gasteiger partial charge in [-0.15, -0.1) is 0 Å². The Morgan fingerprint density at radius 3 is 2.50 bits per heavy atom. The van der Waals surface area contributed by atoms with Crippen LogP contribution in [0.1, 0.15) is 18.9 Å². The Labute approximate surface area is 174 Å². The van der Waals surface area contributed by atoms with E-state index in [9.17, 15) is 14.4 Å². The molecule has 1 N–H and O–H groups in total. The highest BCUT2D eigenvalue weighted by atomic mass is 79.9. The first-order valence-corrected chi connectivity index (χ1v) is 9.93. The maximum Gasteiger partial charge on any atom is 0.344 e. The Morgan fingerprint density at radius 2 is 1.93 bits per heavy atom. The highest BCUT2D eigenvalue weighted by molar-refractivity contribution is 9.10. The number of hydrazone groups is 1. The second kappa shape index (κ2) is 7.00. The fraction of sp³-hybridized carbons (Fsp3) is 0.368. The van der Waals surface area contributed by atoms with Crippen molar-refractivity contribution < 1.29 is 24.2 Å². The van der Waals surface area contributed by atoms with Crippen LogP contribution in [0, 0.1) is 23.7 Å². The number of fused-ring (bicyclic) bond motifs is 5. The molecule has 0 radical (unpaired) electrons. The van der Waals surface area contributed by atoms with Crippen molar-refractivity contribution in [3.63, 3.8) is 0 Å². The summed E-state index contributed by atoms with van der Waals surface area (Å²) in [4.78, 5) is 36.5. The molecule has 3 aliphatic rings. The highest BCUT2D eigenvalue weighted by Gasteiger charge is 2.59. The minimum absolute atomic E-state index is 0.0993. The summed E-state index contributed by atoms with van der Waals surface area (Å²) in [6, 6.07) is 3.08. The molecule has 1 aromatic rings. The Kier molecular flexibility index (Phi) is 4.79. The van der Waals surface area contributed by atoms with E-state index in [-0.39, 0.29) is 41.2 Å². The number of aliphatic carboxylic acids is 1. The Morgan fingerprint density at radius 1 is 1.32 bits per heavy atom. The van der Waals surface area contributed by atoms with Crippen LogP contribution in [0.3, 0.4) is 0 Å². The topological polar surface area (TPSA) is 96.3 Å². The normalized spacial score (nSPS) is 29.0. The van der Waals surface area contributed by atoms with Crippen LogP contribution in [0.4, 0.5) is 0 Å². The molecule has 1 saturated heterocycles. The fourth-order valence-electron chi connectivity index (χ4n) is 4.15. The molecule has 1 aliphatic heterocycles. The van der Waals surface area contributed by atoms with Crippen molar-refractivity contribution in [2.75, 3.05) is 0 Å². The van der Waals surface area contributed by atoms with Crippen molar-refractivity contribution in [3.05, 3.63) is 39.3 Å². The molecule has 1 saturated carbocycles. The molecule has 28 heavy (non-hydrogen) atoms. The van der Waals surface area contributed by atoms with Gasteiger partial charge in [-0.2, -0.15) is 10.1 Å². The number of carboxylic acids is 1. The van der Waals surface area contributed by atoms with Crippen molar-refractivity contribution in [1.29, 1.82) is 0 Å². The second-order valence-electron chi connectivity index (χ2n) is 7.14. The lowest BCUT2D eigenvalue weighted by Crippen LogP contribution is -2.28. The Hall–Kier alpha value is -2.19. The van der Waals surface area contributed by atoms with E-state index in [2.05, 4.69) is 21.0 Å². The number of imide groups is 1. The minimum atomic E-state index is -1.13. The number of nitrogens with zero attached hydrogens (tertiary/aromatic N) is 2. The quantitative estimate of drug-likeness (QED) is 0.408. The molecule has 0 unspecified atom stereocenters. The van der Waals surface area contributed by atoms with E-state index >= 15 is 0 Å². The minimum Gasteiger partial charge on any atom is -0.479 e. The van der Waals surface area contributed by atoms with Crippen LogP contribution in [0.2, 0.25) is 5.02 Å². The van der Waals surface area contributed by atoms with E-state index < -0.39 is 12.1 Å². The van der Waals surface area contributed by atoms with Gasteiger partial charge in [0.15, 0.2) is 6.10 Å². The van der Waals surface area contributed by atoms with Crippen LogP contribution in [0.25, 0.3) is 0 Å². The highest BCUT2D eigenvalue weighted by Crippen LogP contribution is 2.52. The number of hydrogen-bond donors (Lipinski definition) is 1. The number of amides is 2. The first-order valence-electron chi connectivity index (χ1n) is 8.76. The van der Waals surface area contributed by atoms with Gasteiger partial charge in [0.1, 0.15) is 5.75 Å². The molecule has 2 amide bonds. The monoisotopic (exact) mass is 466 g/mol. The number of ether oxygens (including phenoxy) is 1. The molecule has 2 fully saturated rings. The van der Waals surface area contributed by atoms with Crippen LogP contribution in [-0.2, 0) is 14.4 Å². The van der Waals surface area contributed by atoms with E-state index in [0.717, 1.165) is 11.4 Å². The van der Waals surface area contributed by atoms with Crippen LogP contribution < -0.4 is 4.74 Å². The predicted octanol–water partition coefficient (Wildman–Crippen LogP) is 3.10. The number of allylic oxidation sites excluding steroid dienone is 2. The van der Waals surface area contributed by atoms with E-state index in [1.54, 1.807) is 6.07 Å². The summed E-state index contributed by atoms with van der Waals surface area (Å²) in [5.74, 6) is -2.00. The van der Waals surface area contributed by atoms with E-state index in [0.29, 0.717) is 15.1 Å². The van der Waals surface area contributed by atoms with Crippen LogP contribution in [0.15, 0.2) is 33.9 Å². The third-order valence-electron chi connectivity index (χ3n) is 5.44. The van der Waals surface area contributed by atoms with Gasteiger partial charge in [0.2, 0.25) is 0 Å². The smallest absolute Gasteiger partial charge is 0.344 e. The number of carbonyl (C=O) groups is 3. The number of hydrogen-bond acceptors (Lipinski definition) is 5. The molecule has 146 valence electrons. The van der Waals surface area contributed by atoms with Gasteiger partial charge in [0.05, 0.1) is 22.5 Å². The molecule has 9 heteroatoms. The standard InChI is InChI=1S/C19H16BrClN2O5/c1-8(19(26)27)28-16-11(5-12(21)6-13(16)20)7-22-23-17(24)14-9-2-3-10(4-9)15(14)18(23)25/h2-3,5-10,14-15H,4H2,1H3,(H,26,27)/t8-,9+,10+,14-,15+/m1/s1. The molecule has 0 aromatic heterocycles. The zero-order valence-corrected chi connectivity index (χ0v) is 17.1. The summed E-state index contributed by atoms with van der Waals surface area (Å²) in [5, 5.41) is 14.5. The zero-order valence-electron chi connectivity index (χ0n) is 14.7. The number of carboxylic acid groups (broad SMARTS) is 1. The van der Waals surface area contributed by atoms with Gasteiger partial charge in [-0.25, -0.2) is 4.79 Å². The number of benzene rings is 1. The lowest BCUT2D eigenvalue weighted by atomic mass is 9.85. The van der Waals surface area contributed by atoms with Gasteiger partial charge in [-0.3, -0.25) is 9.59 Å². The van der Waals surface area contributed by atoms with Gasteiger partial charge >= 0.3 is 5.97 Å². The van der Waals surface area contributed by atoms with Crippen molar-refractivity contribution in [3.8, 4) is 5.75 Å². The molecule has 2 aliphatic carbocycles. The fourth-order valence-corrected chi connectivity index (χ4v) is 5.08. The lowest BCUT2D eigenvalue weighted by Gasteiger charge is -2.15. The summed E-state index contributed by atoms with van der Waals surface area (Å²) in [6.07, 6.45) is 5.05. The molecule has 0 spiro atoms. The summed E-state index contributed by atoms with van der Waals surface area (Å²) < 4.78 is 5.92. The number of rotatable bonds is 5. The molecule has 5 atom stereocenters. The van der Waals surface area contributed by atoms with E-state index in [4.69, 9.17) is 21.4 Å². The summed E-state index contributed by atoms with van der Waals surface area (Å²) in [5.41, 5.74) is 0.353. The maximum atomic E-state index is 12.7. The average molecular weight is 468 g/mol. The van der Waals surface area contributed by atoms with Gasteiger partial charge in [-0.1, -0.05) is 23.8 Å². The van der Waals surface area contributed by atoms with Crippen LogP contribution >= 0.6 is 27.5 Å². The van der Waals surface area contributed by atoms with Gasteiger partial charge in [-0.05, 0) is 53.2 Å². The van der Waals surface area contributed by atoms with Gasteiger partial charge in [0, 0.05) is 10.6 Å².